The van der Waals surface area contributed by atoms with Crippen molar-refractivity contribution in [2.45, 2.75) is 6.92 Å². The van der Waals surface area contributed by atoms with Crippen molar-refractivity contribution in [3.8, 4) is 6.07 Å². The van der Waals surface area contributed by atoms with E-state index in [9.17, 15) is 8.42 Å². The maximum atomic E-state index is 9.67. The topological polar surface area (TPSA) is 57.9 Å². The van der Waals surface area contributed by atoms with Gasteiger partial charge in [0.05, 0.1) is 0 Å². The number of rotatable bonds is 0. The number of nitriles is 1. The molecule has 0 spiro atoms. The summed E-state index contributed by atoms with van der Waals surface area (Å²) in [5.41, 5.74) is 0. The van der Waals surface area contributed by atoms with Crippen LogP contribution >= 0.6 is 0 Å². The van der Waals surface area contributed by atoms with Gasteiger partial charge in [0.1, 0.15) is 10.9 Å². The van der Waals surface area contributed by atoms with E-state index < -0.39 is 10.3 Å². The molecule has 0 aromatic rings. The zero-order valence-corrected chi connectivity index (χ0v) is 4.49. The van der Waals surface area contributed by atoms with Gasteiger partial charge in [0.15, 0.2) is 0 Å². The van der Waals surface area contributed by atoms with Crippen LogP contribution in [0.4, 0.5) is 0 Å². The van der Waals surface area contributed by atoms with Crippen molar-refractivity contribution in [3.05, 3.63) is 0 Å². The highest BCUT2D eigenvalue weighted by Gasteiger charge is 1.81. The van der Waals surface area contributed by atoms with Crippen LogP contribution in [0.3, 0.4) is 0 Å². The summed E-state index contributed by atoms with van der Waals surface area (Å²) in [6.45, 7) is 1.24. The Kier molecular flexibility index (Phi) is 2.09. The zero-order valence-electron chi connectivity index (χ0n) is 3.67. The first-order valence-corrected chi connectivity index (χ1v) is 2.59. The molecule has 7 heavy (non-hydrogen) atoms. The summed E-state index contributed by atoms with van der Waals surface area (Å²) in [4.78, 5) is -0.181. The van der Waals surface area contributed by atoms with E-state index in [1.165, 1.54) is 13.0 Å². The number of nitrogens with zero attached hydrogens (tertiary/aromatic N) is 1. The van der Waals surface area contributed by atoms with Gasteiger partial charge in [0.25, 0.3) is 0 Å². The average Bonchev–Trinajstić information content (AvgIpc) is 1.65. The van der Waals surface area contributed by atoms with E-state index in [0.717, 1.165) is 0 Å². The van der Waals surface area contributed by atoms with Gasteiger partial charge in [0, 0.05) is 0 Å². The first-order chi connectivity index (χ1) is 3.18. The standard InChI is InChI=1S/C3H3NO2S/c1-3(2-4)7(5)6/h1H3. The van der Waals surface area contributed by atoms with Crippen molar-refractivity contribution in [2.24, 2.45) is 0 Å². The molecule has 0 aliphatic heterocycles. The molecule has 0 aliphatic rings. The van der Waals surface area contributed by atoms with Gasteiger partial charge >= 0.3 is 0 Å². The zero-order chi connectivity index (χ0) is 5.86. The van der Waals surface area contributed by atoms with Crippen LogP contribution in [-0.4, -0.2) is 13.3 Å². The highest BCUT2D eigenvalue weighted by atomic mass is 32.2. The third-order valence-electron chi connectivity index (χ3n) is 0.407. The van der Waals surface area contributed by atoms with Crippen LogP contribution in [-0.2, 0) is 10.3 Å². The van der Waals surface area contributed by atoms with Crippen molar-refractivity contribution in [2.75, 3.05) is 0 Å². The highest BCUT2D eigenvalue weighted by molar-refractivity contribution is 7.73. The van der Waals surface area contributed by atoms with Gasteiger partial charge < -0.3 is 0 Å². The van der Waals surface area contributed by atoms with E-state index in [1.54, 1.807) is 0 Å². The summed E-state index contributed by atoms with van der Waals surface area (Å²) in [7, 11) is -2.30. The molecule has 0 radical (unpaired) electrons. The van der Waals surface area contributed by atoms with Gasteiger partial charge in [-0.05, 0) is 6.92 Å². The van der Waals surface area contributed by atoms with Crippen molar-refractivity contribution in [3.63, 3.8) is 0 Å². The fraction of sp³-hybridized carbons (Fsp3) is 0.333. The Morgan fingerprint density at radius 3 is 2.14 bits per heavy atom. The summed E-state index contributed by atoms with van der Waals surface area (Å²) < 4.78 is 19.3. The summed E-state index contributed by atoms with van der Waals surface area (Å²) >= 11 is 0. The van der Waals surface area contributed by atoms with Crippen LogP contribution in [0.1, 0.15) is 6.92 Å². The van der Waals surface area contributed by atoms with E-state index in [0.29, 0.717) is 0 Å². The molecule has 0 bridgehead atoms. The third-order valence-corrected chi connectivity index (χ3v) is 0.999. The Balaban J connectivity index is 4.81. The molecule has 0 heterocycles. The van der Waals surface area contributed by atoms with Gasteiger partial charge in [-0.1, -0.05) is 0 Å². The lowest BCUT2D eigenvalue weighted by Crippen LogP contribution is -1.83. The Bertz CT molecular complexity index is 210. The van der Waals surface area contributed by atoms with Crippen LogP contribution in [0.15, 0.2) is 0 Å². The van der Waals surface area contributed by atoms with Crippen molar-refractivity contribution >= 4 is 15.2 Å². The average molecular weight is 117 g/mol. The fourth-order valence-corrected chi connectivity index (χ4v) is 0.112. The SMILES string of the molecule is CC(C#N)=S(=O)=O. The molecule has 0 aromatic carbocycles. The largest absolute Gasteiger partial charge is 0.227 e. The van der Waals surface area contributed by atoms with Gasteiger partial charge in [-0.3, -0.25) is 0 Å². The van der Waals surface area contributed by atoms with Gasteiger partial charge in [-0.25, -0.2) is 0 Å². The second-order valence-electron chi connectivity index (χ2n) is 0.903. The minimum Gasteiger partial charge on any atom is -0.192 e. The summed E-state index contributed by atoms with van der Waals surface area (Å²) in [6.07, 6.45) is 0. The Hall–Kier alpha value is -0.820. The second-order valence-corrected chi connectivity index (χ2v) is 1.98. The fourth-order valence-electron chi connectivity index (χ4n) is 0.0373. The molecule has 0 aliphatic carbocycles. The highest BCUT2D eigenvalue weighted by Crippen LogP contribution is 1.60. The van der Waals surface area contributed by atoms with Gasteiger partial charge in [-0.15, -0.1) is 0 Å². The lowest BCUT2D eigenvalue weighted by molar-refractivity contribution is 0.627. The van der Waals surface area contributed by atoms with E-state index in [1.807, 2.05) is 0 Å². The van der Waals surface area contributed by atoms with E-state index in [4.69, 9.17) is 5.26 Å². The maximum Gasteiger partial charge on any atom is 0.227 e. The molecule has 0 aromatic heterocycles. The predicted molar refractivity (Wildman–Crippen MR) is 25.2 cm³/mol. The normalized spacial score (nSPS) is 6.86. The Morgan fingerprint density at radius 1 is 1.71 bits per heavy atom. The molecular weight excluding hydrogens is 114 g/mol. The van der Waals surface area contributed by atoms with E-state index in [-0.39, 0.29) is 4.86 Å². The first-order valence-electron chi connectivity index (χ1n) is 1.51. The molecule has 0 fully saturated rings. The Labute approximate surface area is 42.7 Å². The van der Waals surface area contributed by atoms with Crippen LogP contribution in [0.2, 0.25) is 0 Å². The monoisotopic (exact) mass is 117 g/mol. The van der Waals surface area contributed by atoms with Gasteiger partial charge in [0.2, 0.25) is 10.3 Å². The second kappa shape index (κ2) is 2.37. The van der Waals surface area contributed by atoms with E-state index in [2.05, 4.69) is 0 Å². The molecule has 4 heteroatoms. The van der Waals surface area contributed by atoms with Crippen molar-refractivity contribution < 1.29 is 8.42 Å². The molecule has 0 saturated heterocycles. The van der Waals surface area contributed by atoms with Gasteiger partial charge in [-0.2, -0.15) is 13.7 Å². The molecule has 0 N–H and O–H groups in total. The van der Waals surface area contributed by atoms with Crippen molar-refractivity contribution in [1.29, 1.82) is 5.26 Å². The molecule has 0 saturated carbocycles. The summed E-state index contributed by atoms with van der Waals surface area (Å²) in [5.74, 6) is 0. The minimum absolute atomic E-state index is 0.181. The van der Waals surface area contributed by atoms with E-state index >= 15 is 0 Å². The lowest BCUT2D eigenvalue weighted by Gasteiger charge is -1.60. The Morgan fingerprint density at radius 2 is 2.14 bits per heavy atom. The molecular formula is C3H3NO2S. The van der Waals surface area contributed by atoms with Crippen LogP contribution < -0.4 is 0 Å². The van der Waals surface area contributed by atoms with Crippen LogP contribution in [0.5, 0.6) is 0 Å². The molecule has 0 amide bonds. The number of hydrogen-bond donors (Lipinski definition) is 0. The van der Waals surface area contributed by atoms with Crippen molar-refractivity contribution in [1.82, 2.24) is 0 Å². The number of hydrogen-bond acceptors (Lipinski definition) is 3. The minimum atomic E-state index is -2.30. The summed E-state index contributed by atoms with van der Waals surface area (Å²) in [5, 5.41) is 7.83. The molecule has 0 atom stereocenters. The maximum absolute atomic E-state index is 9.67. The third kappa shape index (κ3) is 1.95. The first kappa shape index (κ1) is 6.18. The molecule has 0 unspecified atom stereocenters. The van der Waals surface area contributed by atoms with Crippen LogP contribution in [0, 0.1) is 11.3 Å². The summed E-state index contributed by atoms with van der Waals surface area (Å²) in [6, 6.07) is 1.47. The quantitative estimate of drug-likeness (QED) is 0.405. The molecule has 3 nitrogen and oxygen atoms in total. The predicted octanol–water partition coefficient (Wildman–Crippen LogP) is -0.419. The molecule has 0 rings (SSSR count). The van der Waals surface area contributed by atoms with Crippen LogP contribution in [0.25, 0.3) is 0 Å². The smallest absolute Gasteiger partial charge is 0.192 e. The lowest BCUT2D eigenvalue weighted by atomic mass is 10.6. The molecule has 38 valence electrons.